The van der Waals surface area contributed by atoms with E-state index in [1.807, 2.05) is 16.7 Å². The minimum absolute atomic E-state index is 0.0401. The second kappa shape index (κ2) is 6.11. The van der Waals surface area contributed by atoms with E-state index in [1.54, 1.807) is 12.5 Å². The first-order chi connectivity index (χ1) is 13.0. The zero-order chi connectivity index (χ0) is 18.6. The fourth-order valence-electron chi connectivity index (χ4n) is 4.16. The number of Topliss-reactive ketones (excluding diaryl/α,β-unsaturated/α-hetero) is 1. The van der Waals surface area contributed by atoms with Crippen molar-refractivity contribution in [3.63, 3.8) is 0 Å². The number of rotatable bonds is 5. The van der Waals surface area contributed by atoms with Gasteiger partial charge >= 0.3 is 0 Å². The van der Waals surface area contributed by atoms with Crippen LogP contribution in [0.15, 0.2) is 24.7 Å². The summed E-state index contributed by atoms with van der Waals surface area (Å²) in [5, 5.41) is 0. The van der Waals surface area contributed by atoms with Crippen LogP contribution in [0.5, 0.6) is 5.88 Å². The van der Waals surface area contributed by atoms with E-state index in [-0.39, 0.29) is 56.0 Å². The Kier molecular flexibility index (Phi) is 3.81. The highest BCUT2D eigenvalue weighted by Crippen LogP contribution is 2.43. The zero-order valence-corrected chi connectivity index (χ0v) is 14.9. The van der Waals surface area contributed by atoms with Gasteiger partial charge in [0.05, 0.1) is 30.0 Å². The first-order valence-electron chi connectivity index (χ1n) is 9.60. The molecular weight excluding hydrogens is 352 g/mol. The van der Waals surface area contributed by atoms with Gasteiger partial charge in [0, 0.05) is 36.8 Å². The van der Waals surface area contributed by atoms with Crippen LogP contribution in [0.25, 0.3) is 11.3 Å². The van der Waals surface area contributed by atoms with E-state index in [1.165, 1.54) is 0 Å². The number of nitrogens with zero attached hydrogens (tertiary/aromatic N) is 3. The topological polar surface area (TPSA) is 57.0 Å². The van der Waals surface area contributed by atoms with E-state index >= 15 is 0 Å². The van der Waals surface area contributed by atoms with Gasteiger partial charge in [0.15, 0.2) is 0 Å². The largest absolute Gasteiger partial charge is 0.474 e. The molecule has 1 atom stereocenters. The van der Waals surface area contributed by atoms with Crippen LogP contribution in [0.2, 0.25) is 0 Å². The molecule has 0 aromatic carbocycles. The summed E-state index contributed by atoms with van der Waals surface area (Å²) in [6, 6.07) is 3.59. The van der Waals surface area contributed by atoms with Crippen LogP contribution in [0, 0.1) is 5.92 Å². The van der Waals surface area contributed by atoms with Gasteiger partial charge in [0.2, 0.25) is 11.8 Å². The lowest BCUT2D eigenvalue weighted by atomic mass is 9.82. The third-order valence-electron chi connectivity index (χ3n) is 5.87. The van der Waals surface area contributed by atoms with Crippen LogP contribution in [0.1, 0.15) is 56.7 Å². The number of ether oxygens (including phenoxy) is 1. The summed E-state index contributed by atoms with van der Waals surface area (Å²) in [5.74, 6) is -2.28. The van der Waals surface area contributed by atoms with Gasteiger partial charge in [-0.25, -0.2) is 18.7 Å². The number of alkyl halides is 2. The first kappa shape index (κ1) is 16.8. The highest BCUT2D eigenvalue weighted by molar-refractivity contribution is 5.83. The lowest BCUT2D eigenvalue weighted by Gasteiger charge is -2.28. The summed E-state index contributed by atoms with van der Waals surface area (Å²) < 4.78 is 34.6. The van der Waals surface area contributed by atoms with Crippen molar-refractivity contribution in [2.45, 2.75) is 63.0 Å². The summed E-state index contributed by atoms with van der Waals surface area (Å²) in [6.07, 6.45) is 6.23. The Morgan fingerprint density at radius 3 is 2.74 bits per heavy atom. The minimum atomic E-state index is -2.62. The number of hydrogen-bond acceptors (Lipinski definition) is 4. The number of halogens is 2. The summed E-state index contributed by atoms with van der Waals surface area (Å²) in [4.78, 5) is 21.7. The molecule has 3 heterocycles. The lowest BCUT2D eigenvalue weighted by molar-refractivity contribution is -0.127. The van der Waals surface area contributed by atoms with Gasteiger partial charge < -0.3 is 9.30 Å². The van der Waals surface area contributed by atoms with Crippen molar-refractivity contribution in [1.82, 2.24) is 14.5 Å². The SMILES string of the molecule is O=C(CC1c2nc(OC3CC3)ccc2-c2cncn21)C1CCC(F)(F)CC1. The predicted octanol–water partition coefficient (Wildman–Crippen LogP) is 4.17. The lowest BCUT2D eigenvalue weighted by Crippen LogP contribution is -2.29. The monoisotopic (exact) mass is 373 g/mol. The predicted molar refractivity (Wildman–Crippen MR) is 93.8 cm³/mol. The maximum atomic E-state index is 13.4. The summed E-state index contributed by atoms with van der Waals surface area (Å²) >= 11 is 0. The molecule has 0 N–H and O–H groups in total. The molecule has 142 valence electrons. The molecule has 1 unspecified atom stereocenters. The number of hydrogen-bond donors (Lipinski definition) is 0. The average molecular weight is 373 g/mol. The molecule has 27 heavy (non-hydrogen) atoms. The summed E-state index contributed by atoms with van der Waals surface area (Å²) in [6.45, 7) is 0. The van der Waals surface area contributed by atoms with Crippen molar-refractivity contribution in [2.75, 3.05) is 0 Å². The molecule has 2 aromatic heterocycles. The van der Waals surface area contributed by atoms with E-state index < -0.39 is 5.92 Å². The Balaban J connectivity index is 1.38. The van der Waals surface area contributed by atoms with Crippen LogP contribution in [0.3, 0.4) is 0 Å². The molecule has 2 saturated carbocycles. The normalized spacial score (nSPS) is 23.7. The van der Waals surface area contributed by atoms with Gasteiger partial charge in [-0.1, -0.05) is 0 Å². The van der Waals surface area contributed by atoms with Crippen molar-refractivity contribution in [2.24, 2.45) is 5.92 Å². The number of ketones is 1. The van der Waals surface area contributed by atoms with Crippen molar-refractivity contribution >= 4 is 5.78 Å². The molecule has 2 aromatic rings. The van der Waals surface area contributed by atoms with Crippen LogP contribution < -0.4 is 4.74 Å². The van der Waals surface area contributed by atoms with E-state index in [9.17, 15) is 13.6 Å². The second-order valence-electron chi connectivity index (χ2n) is 7.90. The molecule has 0 spiro atoms. The summed E-state index contributed by atoms with van der Waals surface area (Å²) in [5.41, 5.74) is 2.71. The van der Waals surface area contributed by atoms with Gasteiger partial charge in [0.25, 0.3) is 0 Å². The highest BCUT2D eigenvalue weighted by atomic mass is 19.3. The maximum Gasteiger partial charge on any atom is 0.248 e. The Bertz CT molecular complexity index is 881. The quantitative estimate of drug-likeness (QED) is 0.789. The van der Waals surface area contributed by atoms with Crippen LogP contribution in [-0.2, 0) is 4.79 Å². The summed E-state index contributed by atoms with van der Waals surface area (Å²) in [7, 11) is 0. The fraction of sp³-hybridized carbons (Fsp3) is 0.550. The van der Waals surface area contributed by atoms with Gasteiger partial charge in [0.1, 0.15) is 11.9 Å². The van der Waals surface area contributed by atoms with Gasteiger partial charge in [-0.05, 0) is 31.7 Å². The molecule has 2 fully saturated rings. The van der Waals surface area contributed by atoms with E-state index in [4.69, 9.17) is 4.74 Å². The zero-order valence-electron chi connectivity index (χ0n) is 14.9. The Hall–Kier alpha value is -2.31. The van der Waals surface area contributed by atoms with E-state index in [0.29, 0.717) is 5.88 Å². The molecule has 5 rings (SSSR count). The molecule has 5 nitrogen and oxygen atoms in total. The minimum Gasteiger partial charge on any atom is -0.474 e. The van der Waals surface area contributed by atoms with Gasteiger partial charge in [-0.3, -0.25) is 4.79 Å². The molecule has 1 aliphatic heterocycles. The molecular formula is C20H21F2N3O2. The van der Waals surface area contributed by atoms with Crippen molar-refractivity contribution in [1.29, 1.82) is 0 Å². The average Bonchev–Trinajstić information content (AvgIpc) is 3.23. The van der Waals surface area contributed by atoms with Gasteiger partial charge in [-0.2, -0.15) is 0 Å². The van der Waals surface area contributed by atoms with E-state index in [0.717, 1.165) is 29.8 Å². The number of aromatic nitrogens is 3. The standard InChI is InChI=1S/C20H21F2N3O2/c21-20(22)7-5-12(6-8-20)17(26)9-15-19-14(16-10-23-11-25(15)16)3-4-18(24-19)27-13-1-2-13/h3-4,10-13,15H,1-2,5-9H2. The smallest absolute Gasteiger partial charge is 0.248 e. The van der Waals surface area contributed by atoms with Gasteiger partial charge in [-0.15, -0.1) is 0 Å². The molecule has 0 radical (unpaired) electrons. The van der Waals surface area contributed by atoms with Crippen LogP contribution in [0.4, 0.5) is 8.78 Å². The molecule has 0 amide bonds. The molecule has 0 bridgehead atoms. The van der Waals surface area contributed by atoms with Crippen molar-refractivity contribution < 1.29 is 18.3 Å². The van der Waals surface area contributed by atoms with E-state index in [2.05, 4.69) is 9.97 Å². The number of imidazole rings is 1. The second-order valence-corrected chi connectivity index (χ2v) is 7.90. The Morgan fingerprint density at radius 1 is 1.22 bits per heavy atom. The molecule has 0 saturated heterocycles. The maximum absolute atomic E-state index is 13.4. The Morgan fingerprint density at radius 2 is 2.00 bits per heavy atom. The number of carbonyl (C=O) groups is 1. The number of carbonyl (C=O) groups excluding carboxylic acids is 1. The van der Waals surface area contributed by atoms with Crippen molar-refractivity contribution in [3.05, 3.63) is 30.4 Å². The third kappa shape index (κ3) is 3.13. The number of pyridine rings is 1. The van der Waals surface area contributed by atoms with Crippen molar-refractivity contribution in [3.8, 4) is 17.1 Å². The first-order valence-corrected chi connectivity index (χ1v) is 9.60. The molecule has 2 aliphatic carbocycles. The molecule has 3 aliphatic rings. The molecule has 7 heteroatoms. The Labute approximate surface area is 155 Å². The van der Waals surface area contributed by atoms with Crippen LogP contribution in [-0.4, -0.2) is 32.3 Å². The fourth-order valence-corrected chi connectivity index (χ4v) is 4.16. The van der Waals surface area contributed by atoms with Crippen LogP contribution >= 0.6 is 0 Å². The number of fused-ring (bicyclic) bond motifs is 3. The third-order valence-corrected chi connectivity index (χ3v) is 5.87. The highest BCUT2D eigenvalue weighted by Gasteiger charge is 2.39.